The molecule has 3 aromatic rings. The Balaban J connectivity index is 1.56. The molecule has 0 saturated heterocycles. The summed E-state index contributed by atoms with van der Waals surface area (Å²) in [5.74, 6) is -0.121. The van der Waals surface area contributed by atoms with Crippen molar-refractivity contribution in [1.82, 2.24) is 14.8 Å². The van der Waals surface area contributed by atoms with Crippen molar-refractivity contribution in [3.63, 3.8) is 0 Å². The molecule has 3 rings (SSSR count). The van der Waals surface area contributed by atoms with Crippen LogP contribution in [0.4, 0.5) is 13.9 Å². The number of carbonyl (C=O) groups is 1. The summed E-state index contributed by atoms with van der Waals surface area (Å²) in [5.41, 5.74) is 1.36. The SMILES string of the molecule is O=C(CCn1cc(Cl)cn1)Nc1nc(-c2ccc(OC(F)F)cc2)cs1. The number of thiazole rings is 1. The maximum Gasteiger partial charge on any atom is 0.387 e. The molecule has 26 heavy (non-hydrogen) atoms. The van der Waals surface area contributed by atoms with E-state index in [2.05, 4.69) is 20.1 Å². The predicted octanol–water partition coefficient (Wildman–Crippen LogP) is 4.29. The normalized spacial score (nSPS) is 10.9. The number of benzene rings is 1. The van der Waals surface area contributed by atoms with Gasteiger partial charge in [-0.3, -0.25) is 9.48 Å². The van der Waals surface area contributed by atoms with Gasteiger partial charge in [0.25, 0.3) is 0 Å². The zero-order valence-electron chi connectivity index (χ0n) is 13.2. The molecule has 1 N–H and O–H groups in total. The van der Waals surface area contributed by atoms with E-state index in [1.807, 2.05) is 0 Å². The van der Waals surface area contributed by atoms with Crippen LogP contribution in [0.25, 0.3) is 11.3 Å². The lowest BCUT2D eigenvalue weighted by Gasteiger charge is -2.04. The number of hydrogen-bond donors (Lipinski definition) is 1. The fourth-order valence-corrected chi connectivity index (χ4v) is 3.02. The molecular weight excluding hydrogens is 386 g/mol. The largest absolute Gasteiger partial charge is 0.435 e. The van der Waals surface area contributed by atoms with Gasteiger partial charge in [0.1, 0.15) is 5.75 Å². The lowest BCUT2D eigenvalue weighted by Crippen LogP contribution is -2.14. The molecule has 1 amide bonds. The monoisotopic (exact) mass is 398 g/mol. The van der Waals surface area contributed by atoms with Crippen LogP contribution in [0, 0.1) is 0 Å². The molecule has 0 spiro atoms. The summed E-state index contributed by atoms with van der Waals surface area (Å²) in [5, 5.41) is 9.45. The summed E-state index contributed by atoms with van der Waals surface area (Å²) in [6.07, 6.45) is 3.37. The van der Waals surface area contributed by atoms with Crippen LogP contribution in [0.15, 0.2) is 42.0 Å². The Morgan fingerprint density at radius 3 is 2.77 bits per heavy atom. The first-order chi connectivity index (χ1) is 12.5. The first kappa shape index (κ1) is 18.3. The van der Waals surface area contributed by atoms with Crippen molar-refractivity contribution >= 4 is 34.0 Å². The van der Waals surface area contributed by atoms with Crippen LogP contribution in [0.5, 0.6) is 5.75 Å². The average molecular weight is 399 g/mol. The Morgan fingerprint density at radius 1 is 1.35 bits per heavy atom. The van der Waals surface area contributed by atoms with Crippen molar-refractivity contribution in [2.24, 2.45) is 0 Å². The molecule has 0 radical (unpaired) electrons. The summed E-state index contributed by atoms with van der Waals surface area (Å²) in [4.78, 5) is 16.3. The first-order valence-electron chi connectivity index (χ1n) is 7.48. The number of aryl methyl sites for hydroxylation is 1. The standard InChI is InChI=1S/C16H13ClF2N4O2S/c17-11-7-20-23(8-11)6-5-14(24)22-16-21-13(9-26-16)10-1-3-12(4-2-10)25-15(18)19/h1-4,7-9,15H,5-6H2,(H,21,22,24). The summed E-state index contributed by atoms with van der Waals surface area (Å²) in [6, 6.07) is 6.13. The molecule has 0 atom stereocenters. The highest BCUT2D eigenvalue weighted by atomic mass is 35.5. The van der Waals surface area contributed by atoms with E-state index in [0.29, 0.717) is 22.4 Å². The number of amides is 1. The molecule has 0 aliphatic heterocycles. The number of carbonyl (C=O) groups excluding carboxylic acids is 1. The summed E-state index contributed by atoms with van der Waals surface area (Å²) in [7, 11) is 0. The van der Waals surface area contributed by atoms with E-state index < -0.39 is 6.61 Å². The van der Waals surface area contributed by atoms with Gasteiger partial charge in [0, 0.05) is 30.1 Å². The number of aromatic nitrogens is 3. The van der Waals surface area contributed by atoms with Gasteiger partial charge in [-0.15, -0.1) is 11.3 Å². The zero-order valence-corrected chi connectivity index (χ0v) is 14.8. The van der Waals surface area contributed by atoms with Gasteiger partial charge in [0.15, 0.2) is 5.13 Å². The molecule has 10 heteroatoms. The first-order valence-corrected chi connectivity index (χ1v) is 8.74. The Kier molecular flexibility index (Phi) is 5.79. The molecule has 0 fully saturated rings. The van der Waals surface area contributed by atoms with E-state index in [9.17, 15) is 13.6 Å². The quantitative estimate of drug-likeness (QED) is 0.644. The lowest BCUT2D eigenvalue weighted by molar-refractivity contribution is -0.116. The minimum atomic E-state index is -2.86. The summed E-state index contributed by atoms with van der Waals surface area (Å²) < 4.78 is 30.2. The summed E-state index contributed by atoms with van der Waals surface area (Å²) >= 11 is 7.04. The van der Waals surface area contributed by atoms with Crippen molar-refractivity contribution in [1.29, 1.82) is 0 Å². The number of nitrogens with one attached hydrogen (secondary N) is 1. The van der Waals surface area contributed by atoms with E-state index in [0.717, 1.165) is 5.56 Å². The third-order valence-corrected chi connectivity index (χ3v) is 4.25. The average Bonchev–Trinajstić information content (AvgIpc) is 3.22. The van der Waals surface area contributed by atoms with Gasteiger partial charge in [0.2, 0.25) is 5.91 Å². The number of halogens is 3. The fraction of sp³-hybridized carbons (Fsp3) is 0.188. The molecule has 0 aliphatic carbocycles. The number of ether oxygens (including phenoxy) is 1. The third-order valence-electron chi connectivity index (χ3n) is 3.30. The molecular formula is C16H13ClF2N4O2S. The zero-order chi connectivity index (χ0) is 18.5. The third kappa shape index (κ3) is 4.99. The van der Waals surface area contributed by atoms with Gasteiger partial charge in [-0.05, 0) is 24.3 Å². The smallest absolute Gasteiger partial charge is 0.387 e. The maximum atomic E-state index is 12.2. The number of alkyl halides is 2. The van der Waals surface area contributed by atoms with Gasteiger partial charge < -0.3 is 10.1 Å². The van der Waals surface area contributed by atoms with Crippen LogP contribution in [0.1, 0.15) is 6.42 Å². The van der Waals surface area contributed by atoms with Crippen LogP contribution in [0.2, 0.25) is 5.02 Å². The maximum absolute atomic E-state index is 12.2. The van der Waals surface area contributed by atoms with Gasteiger partial charge in [0.05, 0.1) is 16.9 Å². The molecule has 1 aromatic carbocycles. The van der Waals surface area contributed by atoms with E-state index in [1.165, 1.54) is 29.7 Å². The predicted molar refractivity (Wildman–Crippen MR) is 94.7 cm³/mol. The Bertz CT molecular complexity index is 883. The number of anilines is 1. The van der Waals surface area contributed by atoms with Crippen LogP contribution in [0.3, 0.4) is 0 Å². The van der Waals surface area contributed by atoms with E-state index >= 15 is 0 Å². The van der Waals surface area contributed by atoms with Crippen LogP contribution < -0.4 is 10.1 Å². The molecule has 2 heterocycles. The van der Waals surface area contributed by atoms with E-state index in [1.54, 1.807) is 28.4 Å². The van der Waals surface area contributed by atoms with Crippen LogP contribution >= 0.6 is 22.9 Å². The lowest BCUT2D eigenvalue weighted by atomic mass is 10.2. The number of hydrogen-bond acceptors (Lipinski definition) is 5. The fourth-order valence-electron chi connectivity index (χ4n) is 2.13. The van der Waals surface area contributed by atoms with Gasteiger partial charge in [-0.1, -0.05) is 11.6 Å². The van der Waals surface area contributed by atoms with Crippen molar-refractivity contribution in [3.05, 3.63) is 47.1 Å². The molecule has 6 nitrogen and oxygen atoms in total. The van der Waals surface area contributed by atoms with Crippen LogP contribution in [-0.2, 0) is 11.3 Å². The topological polar surface area (TPSA) is 69.0 Å². The number of rotatable bonds is 7. The second-order valence-corrected chi connectivity index (χ2v) is 6.46. The van der Waals surface area contributed by atoms with Crippen molar-refractivity contribution in [2.45, 2.75) is 19.6 Å². The molecule has 2 aromatic heterocycles. The van der Waals surface area contributed by atoms with Crippen LogP contribution in [-0.4, -0.2) is 27.3 Å². The van der Waals surface area contributed by atoms with Gasteiger partial charge in [-0.25, -0.2) is 4.98 Å². The van der Waals surface area contributed by atoms with Crippen molar-refractivity contribution in [3.8, 4) is 17.0 Å². The second-order valence-electron chi connectivity index (χ2n) is 5.16. The van der Waals surface area contributed by atoms with Gasteiger partial charge in [-0.2, -0.15) is 13.9 Å². The number of nitrogens with zero attached hydrogens (tertiary/aromatic N) is 3. The van der Waals surface area contributed by atoms with E-state index in [4.69, 9.17) is 11.6 Å². The highest BCUT2D eigenvalue weighted by Crippen LogP contribution is 2.27. The highest BCUT2D eigenvalue weighted by molar-refractivity contribution is 7.14. The van der Waals surface area contributed by atoms with E-state index in [-0.39, 0.29) is 18.1 Å². The minimum absolute atomic E-state index is 0.0752. The molecule has 0 aliphatic rings. The molecule has 136 valence electrons. The van der Waals surface area contributed by atoms with Crippen molar-refractivity contribution in [2.75, 3.05) is 5.32 Å². The van der Waals surface area contributed by atoms with Crippen molar-refractivity contribution < 1.29 is 18.3 Å². The minimum Gasteiger partial charge on any atom is -0.435 e. The Hall–Kier alpha value is -2.52. The summed E-state index contributed by atoms with van der Waals surface area (Å²) in [6.45, 7) is -2.46. The molecule has 0 saturated carbocycles. The molecule has 0 unspecified atom stereocenters. The highest BCUT2D eigenvalue weighted by Gasteiger charge is 2.10. The Morgan fingerprint density at radius 2 is 2.12 bits per heavy atom. The molecule has 0 bridgehead atoms. The van der Waals surface area contributed by atoms with Gasteiger partial charge >= 0.3 is 6.61 Å². The second kappa shape index (κ2) is 8.24. The Labute approximate surface area is 156 Å².